The van der Waals surface area contributed by atoms with E-state index >= 15 is 0 Å². The van der Waals surface area contributed by atoms with Crippen molar-refractivity contribution in [1.82, 2.24) is 10.2 Å². The average Bonchev–Trinajstić information content (AvgIpc) is 2.99. The molecule has 1 aromatic carbocycles. The molecule has 7 heteroatoms. The lowest BCUT2D eigenvalue weighted by molar-refractivity contribution is -0.137. The summed E-state index contributed by atoms with van der Waals surface area (Å²) in [7, 11) is 0. The number of carbonyl (C=O) groups excluding carboxylic acids is 2. The number of halogens is 3. The van der Waals surface area contributed by atoms with Gasteiger partial charge >= 0.3 is 6.18 Å². The Morgan fingerprint density at radius 1 is 1.14 bits per heavy atom. The highest BCUT2D eigenvalue weighted by Crippen LogP contribution is 2.29. The molecule has 0 unspecified atom stereocenters. The Hall–Kier alpha value is -2.05. The zero-order valence-corrected chi connectivity index (χ0v) is 12.1. The van der Waals surface area contributed by atoms with Crippen molar-refractivity contribution in [1.29, 1.82) is 0 Å². The van der Waals surface area contributed by atoms with E-state index in [0.29, 0.717) is 13.1 Å². The first-order valence-electron chi connectivity index (χ1n) is 7.06. The second-order valence-electron chi connectivity index (χ2n) is 5.30. The number of likely N-dealkylation sites (tertiary alicyclic amines) is 1. The predicted octanol–water partition coefficient (Wildman–Crippen LogP) is 2.45. The smallest absolute Gasteiger partial charge is 0.341 e. The molecule has 0 spiro atoms. The van der Waals surface area contributed by atoms with Gasteiger partial charge in [0.1, 0.15) is 6.04 Å². The van der Waals surface area contributed by atoms with Crippen molar-refractivity contribution < 1.29 is 22.8 Å². The molecule has 120 valence electrons. The summed E-state index contributed by atoms with van der Waals surface area (Å²) in [6.45, 7) is 2.93. The molecule has 0 saturated carbocycles. The van der Waals surface area contributed by atoms with Crippen LogP contribution in [0.1, 0.15) is 35.7 Å². The van der Waals surface area contributed by atoms with Gasteiger partial charge in [0.05, 0.1) is 5.56 Å². The van der Waals surface area contributed by atoms with Crippen LogP contribution in [0.25, 0.3) is 0 Å². The van der Waals surface area contributed by atoms with E-state index in [-0.39, 0.29) is 11.5 Å². The second-order valence-corrected chi connectivity index (χ2v) is 5.30. The van der Waals surface area contributed by atoms with Crippen LogP contribution in [0, 0.1) is 0 Å². The van der Waals surface area contributed by atoms with Crippen LogP contribution in [0.15, 0.2) is 24.3 Å². The molecule has 0 bridgehead atoms. The molecule has 1 aromatic rings. The number of benzene rings is 1. The number of hydrogen-bond donors (Lipinski definition) is 1. The largest absolute Gasteiger partial charge is 0.416 e. The van der Waals surface area contributed by atoms with Gasteiger partial charge in [0.2, 0.25) is 5.91 Å². The Morgan fingerprint density at radius 3 is 2.18 bits per heavy atom. The number of nitrogens with zero attached hydrogens (tertiary/aromatic N) is 1. The molecule has 0 aliphatic carbocycles. The molecule has 1 atom stereocenters. The van der Waals surface area contributed by atoms with Crippen LogP contribution in [-0.2, 0) is 11.0 Å². The van der Waals surface area contributed by atoms with Crippen molar-refractivity contribution in [3.63, 3.8) is 0 Å². The number of carbonyl (C=O) groups is 2. The molecule has 1 aliphatic rings. The van der Waals surface area contributed by atoms with E-state index < -0.39 is 23.7 Å². The highest BCUT2D eigenvalue weighted by Gasteiger charge is 2.30. The maximum absolute atomic E-state index is 12.5. The highest BCUT2D eigenvalue weighted by molar-refractivity contribution is 5.97. The molecule has 1 saturated heterocycles. The fourth-order valence-electron chi connectivity index (χ4n) is 2.36. The molecule has 0 aromatic heterocycles. The van der Waals surface area contributed by atoms with Gasteiger partial charge in [-0.1, -0.05) is 0 Å². The molecule has 0 radical (unpaired) electrons. The van der Waals surface area contributed by atoms with E-state index in [2.05, 4.69) is 5.32 Å². The minimum atomic E-state index is -4.44. The number of nitrogens with one attached hydrogen (secondary N) is 1. The summed E-state index contributed by atoms with van der Waals surface area (Å²) in [6, 6.07) is 3.20. The van der Waals surface area contributed by atoms with Crippen LogP contribution in [0.2, 0.25) is 0 Å². The van der Waals surface area contributed by atoms with Crippen LogP contribution in [0.3, 0.4) is 0 Å². The molecular formula is C15H17F3N2O2. The van der Waals surface area contributed by atoms with Crippen molar-refractivity contribution in [2.24, 2.45) is 0 Å². The lowest BCUT2D eigenvalue weighted by Crippen LogP contribution is -2.45. The second kappa shape index (κ2) is 6.37. The molecule has 2 rings (SSSR count). The summed E-state index contributed by atoms with van der Waals surface area (Å²) in [5, 5.41) is 2.52. The van der Waals surface area contributed by atoms with Gasteiger partial charge in [-0.2, -0.15) is 13.2 Å². The number of hydrogen-bond acceptors (Lipinski definition) is 2. The Morgan fingerprint density at radius 2 is 1.68 bits per heavy atom. The number of rotatable bonds is 3. The molecular weight excluding hydrogens is 297 g/mol. The molecule has 1 heterocycles. The predicted molar refractivity (Wildman–Crippen MR) is 74.2 cm³/mol. The van der Waals surface area contributed by atoms with Gasteiger partial charge in [-0.05, 0) is 44.0 Å². The van der Waals surface area contributed by atoms with Crippen LogP contribution >= 0.6 is 0 Å². The topological polar surface area (TPSA) is 49.4 Å². The number of alkyl halides is 3. The maximum Gasteiger partial charge on any atom is 0.416 e. The first-order valence-corrected chi connectivity index (χ1v) is 7.06. The van der Waals surface area contributed by atoms with E-state index in [0.717, 1.165) is 37.1 Å². The van der Waals surface area contributed by atoms with E-state index in [4.69, 9.17) is 0 Å². The number of amides is 2. The molecule has 1 fully saturated rings. The summed E-state index contributed by atoms with van der Waals surface area (Å²) in [5.74, 6) is -0.730. The first-order chi connectivity index (χ1) is 10.3. The van der Waals surface area contributed by atoms with Crippen molar-refractivity contribution in [2.45, 2.75) is 32.0 Å². The van der Waals surface area contributed by atoms with Crippen molar-refractivity contribution in [3.05, 3.63) is 35.4 Å². The standard InChI is InChI=1S/C15H17F3N2O2/c1-10(14(22)20-8-2-3-9-20)19-13(21)11-4-6-12(7-5-11)15(16,17)18/h4-7,10H,2-3,8-9H2,1H3,(H,19,21)/t10-/m0/s1. The monoisotopic (exact) mass is 314 g/mol. The third-order valence-electron chi connectivity index (χ3n) is 3.61. The van der Waals surface area contributed by atoms with Crippen molar-refractivity contribution in [2.75, 3.05) is 13.1 Å². The summed E-state index contributed by atoms with van der Waals surface area (Å²) in [4.78, 5) is 25.7. The van der Waals surface area contributed by atoms with Crippen LogP contribution < -0.4 is 5.32 Å². The Balaban J connectivity index is 1.98. The fourth-order valence-corrected chi connectivity index (χ4v) is 2.36. The summed E-state index contributed by atoms with van der Waals surface area (Å²) in [6.07, 6.45) is -2.54. The quantitative estimate of drug-likeness (QED) is 0.931. The zero-order valence-electron chi connectivity index (χ0n) is 12.1. The van der Waals surface area contributed by atoms with Crippen LogP contribution in [0.4, 0.5) is 13.2 Å². The Bertz CT molecular complexity index is 549. The van der Waals surface area contributed by atoms with E-state index in [9.17, 15) is 22.8 Å². The zero-order chi connectivity index (χ0) is 16.3. The van der Waals surface area contributed by atoms with Gasteiger partial charge in [-0.15, -0.1) is 0 Å². The fraction of sp³-hybridized carbons (Fsp3) is 0.467. The average molecular weight is 314 g/mol. The normalized spacial score (nSPS) is 16.5. The minimum Gasteiger partial charge on any atom is -0.341 e. The molecule has 2 amide bonds. The Labute approximate surface area is 126 Å². The van der Waals surface area contributed by atoms with Gasteiger partial charge in [0.25, 0.3) is 5.91 Å². The molecule has 22 heavy (non-hydrogen) atoms. The third kappa shape index (κ3) is 3.78. The van der Waals surface area contributed by atoms with Crippen molar-refractivity contribution >= 4 is 11.8 Å². The maximum atomic E-state index is 12.5. The van der Waals surface area contributed by atoms with E-state index in [1.807, 2.05) is 0 Å². The molecule has 4 nitrogen and oxygen atoms in total. The van der Waals surface area contributed by atoms with Crippen LogP contribution in [0.5, 0.6) is 0 Å². The molecule has 1 aliphatic heterocycles. The van der Waals surface area contributed by atoms with Gasteiger partial charge in [-0.3, -0.25) is 9.59 Å². The van der Waals surface area contributed by atoms with Crippen LogP contribution in [-0.4, -0.2) is 35.8 Å². The first kappa shape index (κ1) is 16.3. The third-order valence-corrected chi connectivity index (χ3v) is 3.61. The lowest BCUT2D eigenvalue weighted by atomic mass is 10.1. The van der Waals surface area contributed by atoms with Gasteiger partial charge in [-0.25, -0.2) is 0 Å². The van der Waals surface area contributed by atoms with E-state index in [1.54, 1.807) is 11.8 Å². The minimum absolute atomic E-state index is 0.0917. The Kier molecular flexibility index (Phi) is 4.73. The summed E-state index contributed by atoms with van der Waals surface area (Å²) >= 11 is 0. The van der Waals surface area contributed by atoms with Crippen molar-refractivity contribution in [3.8, 4) is 0 Å². The van der Waals surface area contributed by atoms with Gasteiger partial charge < -0.3 is 10.2 Å². The van der Waals surface area contributed by atoms with E-state index in [1.165, 1.54) is 0 Å². The highest BCUT2D eigenvalue weighted by atomic mass is 19.4. The lowest BCUT2D eigenvalue weighted by Gasteiger charge is -2.21. The summed E-state index contributed by atoms with van der Waals surface area (Å²) < 4.78 is 37.4. The summed E-state index contributed by atoms with van der Waals surface area (Å²) in [5.41, 5.74) is -0.723. The van der Waals surface area contributed by atoms with Gasteiger partial charge in [0.15, 0.2) is 0 Å². The molecule has 1 N–H and O–H groups in total. The SMILES string of the molecule is C[C@H](NC(=O)c1ccc(C(F)(F)F)cc1)C(=O)N1CCCC1. The van der Waals surface area contributed by atoms with Gasteiger partial charge in [0, 0.05) is 18.7 Å².